The van der Waals surface area contributed by atoms with Crippen LogP contribution in [0.15, 0.2) is 23.1 Å². The fourth-order valence-corrected chi connectivity index (χ4v) is 6.19. The number of hydrogen-bond donors (Lipinski definition) is 0. The number of aryl methyl sites for hydroxylation is 2. The monoisotopic (exact) mass is 327 g/mol. The average molecular weight is 327 g/mol. The number of sulfonamides is 1. The van der Waals surface area contributed by atoms with Crippen LogP contribution in [0.4, 0.5) is 0 Å². The first-order chi connectivity index (χ1) is 9.80. The maximum Gasteiger partial charge on any atom is 0.243 e. The van der Waals surface area contributed by atoms with Gasteiger partial charge in [0.15, 0.2) is 0 Å². The van der Waals surface area contributed by atoms with Crippen LogP contribution in [0.3, 0.4) is 0 Å². The Morgan fingerprint density at radius 3 is 2.62 bits per heavy atom. The molecule has 4 nitrogen and oxygen atoms in total. The standard InChI is InChI=1S/C15H21NO3S2/c1-15(2)11-16(8-9-20(15)17)21(18,19)14-7-6-12-4-3-5-13(12)10-14/h6-7,10H,3-5,8-9,11H2,1-2H3. The molecule has 2 aliphatic rings. The van der Waals surface area contributed by atoms with Gasteiger partial charge in [-0.25, -0.2) is 8.42 Å². The summed E-state index contributed by atoms with van der Waals surface area (Å²) in [7, 11) is -4.45. The van der Waals surface area contributed by atoms with Crippen molar-refractivity contribution in [2.24, 2.45) is 0 Å². The van der Waals surface area contributed by atoms with E-state index in [4.69, 9.17) is 0 Å². The zero-order valence-electron chi connectivity index (χ0n) is 12.5. The van der Waals surface area contributed by atoms with Crippen molar-refractivity contribution in [3.63, 3.8) is 0 Å². The summed E-state index contributed by atoms with van der Waals surface area (Å²) in [6.45, 7) is 4.40. The Labute approximate surface area is 129 Å². The molecule has 0 bridgehead atoms. The topological polar surface area (TPSA) is 54.5 Å². The SMILES string of the molecule is CC1(C)CN(S(=O)(=O)c2ccc3c(c2)CCC3)CCS1=O. The van der Waals surface area contributed by atoms with Crippen LogP contribution in [-0.2, 0) is 33.7 Å². The van der Waals surface area contributed by atoms with E-state index in [1.54, 1.807) is 6.07 Å². The van der Waals surface area contributed by atoms with Crippen LogP contribution < -0.4 is 0 Å². The smallest absolute Gasteiger partial charge is 0.243 e. The summed E-state index contributed by atoms with van der Waals surface area (Å²) in [6.07, 6.45) is 3.12. The van der Waals surface area contributed by atoms with Crippen molar-refractivity contribution in [2.45, 2.75) is 42.8 Å². The summed E-state index contributed by atoms with van der Waals surface area (Å²) in [6, 6.07) is 5.50. The lowest BCUT2D eigenvalue weighted by molar-refractivity contribution is 0.378. The van der Waals surface area contributed by atoms with Gasteiger partial charge in [0.05, 0.1) is 9.64 Å². The molecule has 0 amide bonds. The van der Waals surface area contributed by atoms with E-state index < -0.39 is 25.6 Å². The van der Waals surface area contributed by atoms with Gasteiger partial charge in [-0.2, -0.15) is 4.31 Å². The van der Waals surface area contributed by atoms with Crippen LogP contribution in [-0.4, -0.2) is 40.5 Å². The zero-order valence-corrected chi connectivity index (χ0v) is 14.1. The van der Waals surface area contributed by atoms with Crippen LogP contribution in [0, 0.1) is 0 Å². The molecule has 6 heteroatoms. The van der Waals surface area contributed by atoms with Gasteiger partial charge in [0, 0.05) is 29.6 Å². The molecule has 3 rings (SSSR count). The zero-order chi connectivity index (χ0) is 15.3. The minimum absolute atomic E-state index is 0.318. The molecule has 1 aromatic rings. The Morgan fingerprint density at radius 1 is 1.19 bits per heavy atom. The first-order valence-electron chi connectivity index (χ1n) is 7.31. The van der Waals surface area contributed by atoms with Gasteiger partial charge in [-0.3, -0.25) is 4.21 Å². The molecule has 1 unspecified atom stereocenters. The molecule has 1 aliphatic heterocycles. The van der Waals surface area contributed by atoms with Gasteiger partial charge >= 0.3 is 0 Å². The molecule has 116 valence electrons. The molecule has 1 fully saturated rings. The van der Waals surface area contributed by atoms with E-state index in [2.05, 4.69) is 0 Å². The number of nitrogens with zero attached hydrogens (tertiary/aromatic N) is 1. The van der Waals surface area contributed by atoms with Crippen molar-refractivity contribution in [3.8, 4) is 0 Å². The number of fused-ring (bicyclic) bond motifs is 1. The molecule has 21 heavy (non-hydrogen) atoms. The van der Waals surface area contributed by atoms with Gasteiger partial charge in [-0.05, 0) is 56.4 Å². The molecule has 1 aromatic carbocycles. The van der Waals surface area contributed by atoms with Crippen molar-refractivity contribution in [1.82, 2.24) is 4.31 Å². The van der Waals surface area contributed by atoms with Crippen LogP contribution >= 0.6 is 0 Å². The number of hydrogen-bond acceptors (Lipinski definition) is 3. The van der Waals surface area contributed by atoms with E-state index in [1.165, 1.54) is 9.87 Å². The predicted octanol–water partition coefficient (Wildman–Crippen LogP) is 1.71. The third-order valence-corrected chi connectivity index (χ3v) is 8.16. The quantitative estimate of drug-likeness (QED) is 0.831. The highest BCUT2D eigenvalue weighted by molar-refractivity contribution is 7.89. The molecule has 0 radical (unpaired) electrons. The second-order valence-corrected chi connectivity index (χ2v) is 10.6. The summed E-state index contributed by atoms with van der Waals surface area (Å²) in [5.74, 6) is 0.414. The summed E-state index contributed by atoms with van der Waals surface area (Å²) < 4.78 is 38.6. The third kappa shape index (κ3) is 2.69. The van der Waals surface area contributed by atoms with E-state index >= 15 is 0 Å². The highest BCUT2D eigenvalue weighted by Crippen LogP contribution is 2.29. The van der Waals surface area contributed by atoms with E-state index in [1.807, 2.05) is 26.0 Å². The van der Waals surface area contributed by atoms with E-state index in [0.29, 0.717) is 23.7 Å². The fraction of sp³-hybridized carbons (Fsp3) is 0.600. The molecule has 1 saturated heterocycles. The Kier molecular flexibility index (Phi) is 3.74. The van der Waals surface area contributed by atoms with Gasteiger partial charge < -0.3 is 0 Å². The van der Waals surface area contributed by atoms with Crippen molar-refractivity contribution in [2.75, 3.05) is 18.8 Å². The first-order valence-corrected chi connectivity index (χ1v) is 10.1. The molecule has 1 aliphatic carbocycles. The molecular formula is C15H21NO3S2. The lowest BCUT2D eigenvalue weighted by atomic mass is 10.1. The molecule has 0 N–H and O–H groups in total. The number of rotatable bonds is 2. The lowest BCUT2D eigenvalue weighted by Gasteiger charge is -2.36. The first kappa shape index (κ1) is 15.2. The second kappa shape index (κ2) is 5.18. The van der Waals surface area contributed by atoms with Crippen LogP contribution in [0.25, 0.3) is 0 Å². The lowest BCUT2D eigenvalue weighted by Crippen LogP contribution is -2.51. The van der Waals surface area contributed by atoms with Crippen LogP contribution in [0.1, 0.15) is 31.4 Å². The van der Waals surface area contributed by atoms with Gasteiger partial charge in [0.2, 0.25) is 10.0 Å². The Bertz CT molecular complexity index is 695. The van der Waals surface area contributed by atoms with Crippen LogP contribution in [0.5, 0.6) is 0 Å². The summed E-state index contributed by atoms with van der Waals surface area (Å²) >= 11 is 0. The van der Waals surface area contributed by atoms with Gasteiger partial charge in [0.1, 0.15) is 0 Å². The normalized spacial score (nSPS) is 25.7. The van der Waals surface area contributed by atoms with E-state index in [-0.39, 0.29) is 0 Å². The molecular weight excluding hydrogens is 306 g/mol. The molecule has 1 heterocycles. The summed E-state index contributed by atoms with van der Waals surface area (Å²) in [5, 5.41) is 0. The fourth-order valence-electron chi connectivity index (χ4n) is 3.10. The van der Waals surface area contributed by atoms with Crippen LogP contribution in [0.2, 0.25) is 0 Å². The Balaban J connectivity index is 1.92. The Morgan fingerprint density at radius 2 is 1.90 bits per heavy atom. The highest BCUT2D eigenvalue weighted by atomic mass is 32.2. The van der Waals surface area contributed by atoms with Crippen molar-refractivity contribution in [3.05, 3.63) is 29.3 Å². The molecule has 0 spiro atoms. The second-order valence-electron chi connectivity index (χ2n) is 6.43. The van der Waals surface area contributed by atoms with E-state index in [0.717, 1.165) is 24.8 Å². The molecule has 0 aromatic heterocycles. The molecule has 1 atom stereocenters. The predicted molar refractivity (Wildman–Crippen MR) is 84.3 cm³/mol. The minimum atomic E-state index is -3.48. The minimum Gasteiger partial charge on any atom is -0.259 e. The summed E-state index contributed by atoms with van der Waals surface area (Å²) in [4.78, 5) is 0.381. The maximum absolute atomic E-state index is 12.8. The summed E-state index contributed by atoms with van der Waals surface area (Å²) in [5.41, 5.74) is 2.44. The van der Waals surface area contributed by atoms with Crippen molar-refractivity contribution >= 4 is 20.8 Å². The number of benzene rings is 1. The van der Waals surface area contributed by atoms with Crippen molar-refractivity contribution < 1.29 is 12.6 Å². The Hall–Kier alpha value is -0.720. The molecule has 0 saturated carbocycles. The highest BCUT2D eigenvalue weighted by Gasteiger charge is 2.38. The average Bonchev–Trinajstić information content (AvgIpc) is 2.88. The largest absolute Gasteiger partial charge is 0.259 e. The van der Waals surface area contributed by atoms with Gasteiger partial charge in [-0.1, -0.05) is 6.07 Å². The third-order valence-electron chi connectivity index (χ3n) is 4.41. The van der Waals surface area contributed by atoms with E-state index in [9.17, 15) is 12.6 Å². The maximum atomic E-state index is 12.8. The van der Waals surface area contributed by atoms with Gasteiger partial charge in [0.25, 0.3) is 0 Å². The van der Waals surface area contributed by atoms with Gasteiger partial charge in [-0.15, -0.1) is 0 Å². The van der Waals surface area contributed by atoms with Crippen molar-refractivity contribution in [1.29, 1.82) is 0 Å².